The van der Waals surface area contributed by atoms with E-state index in [4.69, 9.17) is 4.74 Å². The lowest BCUT2D eigenvalue weighted by Gasteiger charge is -2.19. The summed E-state index contributed by atoms with van der Waals surface area (Å²) in [5, 5.41) is 9.93. The molecule has 0 atom stereocenters. The molecule has 0 spiro atoms. The first-order valence-corrected chi connectivity index (χ1v) is 6.03. The third kappa shape index (κ3) is 2.09. The lowest BCUT2D eigenvalue weighted by molar-refractivity contribution is 0.193. The van der Waals surface area contributed by atoms with Gasteiger partial charge in [0.2, 0.25) is 0 Å². The van der Waals surface area contributed by atoms with Gasteiger partial charge in [0.1, 0.15) is 5.75 Å². The Balaban J connectivity index is 1.86. The number of para-hydroxylation sites is 1. The molecule has 1 aliphatic heterocycles. The van der Waals surface area contributed by atoms with Gasteiger partial charge >= 0.3 is 0 Å². The molecule has 2 aromatic carbocycles. The molecule has 0 aliphatic carbocycles. The zero-order valence-electron chi connectivity index (χ0n) is 9.97. The number of hydrogen-bond donors (Lipinski definition) is 1. The van der Waals surface area contributed by atoms with Crippen LogP contribution >= 0.6 is 0 Å². The van der Waals surface area contributed by atoms with Crippen molar-refractivity contribution in [2.75, 3.05) is 0 Å². The first kappa shape index (κ1) is 10.9. The molecular weight excluding hydrogens is 224 g/mol. The van der Waals surface area contributed by atoms with Crippen LogP contribution in [0.4, 0.5) is 0 Å². The normalized spacial score (nSPS) is 14.0. The van der Waals surface area contributed by atoms with Crippen LogP contribution in [0.5, 0.6) is 5.75 Å². The van der Waals surface area contributed by atoms with Gasteiger partial charge in [-0.25, -0.2) is 0 Å². The van der Waals surface area contributed by atoms with E-state index in [1.54, 1.807) is 0 Å². The summed E-state index contributed by atoms with van der Waals surface area (Å²) in [6, 6.07) is 17.9. The number of ether oxygens (including phenoxy) is 1. The maximum Gasteiger partial charge on any atom is 0.281 e. The molecule has 0 fully saturated rings. The Hall–Kier alpha value is -2.22. The Bertz CT molecular complexity index is 585. The van der Waals surface area contributed by atoms with Gasteiger partial charge in [0.25, 0.3) is 5.95 Å². The minimum absolute atomic E-state index is 0.0533. The van der Waals surface area contributed by atoms with Gasteiger partial charge in [-0.3, -0.25) is 0 Å². The molecule has 1 N–H and O–H groups in total. The van der Waals surface area contributed by atoms with Gasteiger partial charge < -0.3 is 9.84 Å². The first-order valence-electron chi connectivity index (χ1n) is 6.03. The summed E-state index contributed by atoms with van der Waals surface area (Å²) in [6.07, 6.45) is 1.47. The molecule has 0 unspecified atom stereocenters. The van der Waals surface area contributed by atoms with Crippen molar-refractivity contribution >= 4 is 0 Å². The van der Waals surface area contributed by atoms with Crippen molar-refractivity contribution < 1.29 is 9.84 Å². The molecule has 2 nitrogen and oxygen atoms in total. The van der Waals surface area contributed by atoms with E-state index in [-0.39, 0.29) is 5.95 Å². The molecule has 0 saturated carbocycles. The van der Waals surface area contributed by atoms with E-state index in [9.17, 15) is 5.11 Å². The maximum atomic E-state index is 9.93. The standard InChI is InChI=1S/C16H14O2/c17-16-14(10-12-6-2-1-3-7-12)11-13-8-4-5-9-15(13)18-16/h1-9,17H,10-11H2. The Morgan fingerprint density at radius 2 is 1.67 bits per heavy atom. The molecule has 18 heavy (non-hydrogen) atoms. The fourth-order valence-electron chi connectivity index (χ4n) is 2.21. The lowest BCUT2D eigenvalue weighted by Crippen LogP contribution is -2.11. The van der Waals surface area contributed by atoms with Crippen LogP contribution in [-0.4, -0.2) is 5.11 Å². The molecule has 1 aliphatic rings. The fourth-order valence-corrected chi connectivity index (χ4v) is 2.21. The number of hydrogen-bond acceptors (Lipinski definition) is 2. The Kier molecular flexibility index (Phi) is 2.77. The topological polar surface area (TPSA) is 29.5 Å². The zero-order valence-corrected chi connectivity index (χ0v) is 9.97. The summed E-state index contributed by atoms with van der Waals surface area (Å²) >= 11 is 0. The highest BCUT2D eigenvalue weighted by Gasteiger charge is 2.18. The molecule has 0 aromatic heterocycles. The molecule has 2 aromatic rings. The Morgan fingerprint density at radius 3 is 2.50 bits per heavy atom. The lowest BCUT2D eigenvalue weighted by atomic mass is 9.97. The third-order valence-corrected chi connectivity index (χ3v) is 3.15. The Morgan fingerprint density at radius 1 is 0.944 bits per heavy atom. The average molecular weight is 238 g/mol. The molecule has 0 radical (unpaired) electrons. The minimum Gasteiger partial charge on any atom is -0.481 e. The van der Waals surface area contributed by atoms with E-state index in [0.29, 0.717) is 0 Å². The summed E-state index contributed by atoms with van der Waals surface area (Å²) in [5.74, 6) is 0.810. The molecular formula is C16H14O2. The summed E-state index contributed by atoms with van der Waals surface area (Å²) < 4.78 is 5.45. The van der Waals surface area contributed by atoms with Crippen molar-refractivity contribution in [2.24, 2.45) is 0 Å². The van der Waals surface area contributed by atoms with Crippen molar-refractivity contribution in [1.29, 1.82) is 0 Å². The number of rotatable bonds is 2. The summed E-state index contributed by atoms with van der Waals surface area (Å²) in [4.78, 5) is 0. The minimum atomic E-state index is 0.0533. The number of benzene rings is 2. The molecule has 2 heteroatoms. The van der Waals surface area contributed by atoms with Crippen LogP contribution in [-0.2, 0) is 12.8 Å². The highest BCUT2D eigenvalue weighted by Crippen LogP contribution is 2.30. The van der Waals surface area contributed by atoms with Crippen LogP contribution < -0.4 is 4.74 Å². The van der Waals surface area contributed by atoms with Crippen LogP contribution in [0.3, 0.4) is 0 Å². The zero-order chi connectivity index (χ0) is 12.4. The van der Waals surface area contributed by atoms with Crippen LogP contribution in [0.2, 0.25) is 0 Å². The molecule has 0 bridgehead atoms. The van der Waals surface area contributed by atoms with Gasteiger partial charge in [-0.15, -0.1) is 0 Å². The van der Waals surface area contributed by atoms with Crippen molar-refractivity contribution in [3.05, 3.63) is 77.2 Å². The quantitative estimate of drug-likeness (QED) is 0.865. The van der Waals surface area contributed by atoms with Crippen molar-refractivity contribution in [1.82, 2.24) is 0 Å². The smallest absolute Gasteiger partial charge is 0.281 e. The molecule has 0 saturated heterocycles. The van der Waals surface area contributed by atoms with Gasteiger partial charge in [-0.2, -0.15) is 0 Å². The van der Waals surface area contributed by atoms with Gasteiger partial charge in [-0.1, -0.05) is 48.5 Å². The van der Waals surface area contributed by atoms with Crippen molar-refractivity contribution in [3.63, 3.8) is 0 Å². The number of fused-ring (bicyclic) bond motifs is 1. The fraction of sp³-hybridized carbons (Fsp3) is 0.125. The van der Waals surface area contributed by atoms with E-state index >= 15 is 0 Å². The van der Waals surface area contributed by atoms with Gasteiger partial charge in [0.15, 0.2) is 0 Å². The summed E-state index contributed by atoms with van der Waals surface area (Å²) in [6.45, 7) is 0. The molecule has 1 heterocycles. The third-order valence-electron chi connectivity index (χ3n) is 3.15. The average Bonchev–Trinajstić information content (AvgIpc) is 2.41. The van der Waals surface area contributed by atoms with Crippen LogP contribution in [0.15, 0.2) is 66.1 Å². The van der Waals surface area contributed by atoms with E-state index in [0.717, 1.165) is 29.7 Å². The van der Waals surface area contributed by atoms with Crippen molar-refractivity contribution in [2.45, 2.75) is 12.8 Å². The first-order chi connectivity index (χ1) is 8.83. The molecule has 3 rings (SSSR count). The predicted molar refractivity (Wildman–Crippen MR) is 70.6 cm³/mol. The molecule has 0 amide bonds. The second-order valence-corrected chi connectivity index (χ2v) is 4.46. The van der Waals surface area contributed by atoms with E-state index < -0.39 is 0 Å². The SMILES string of the molecule is OC1=C(Cc2ccccc2)Cc2ccccc2O1. The number of aliphatic hydroxyl groups is 1. The van der Waals surface area contributed by atoms with Crippen LogP contribution in [0.1, 0.15) is 11.1 Å². The van der Waals surface area contributed by atoms with Gasteiger partial charge in [0.05, 0.1) is 0 Å². The van der Waals surface area contributed by atoms with Crippen molar-refractivity contribution in [3.8, 4) is 5.75 Å². The van der Waals surface area contributed by atoms with E-state index in [1.165, 1.54) is 5.56 Å². The monoisotopic (exact) mass is 238 g/mol. The summed E-state index contributed by atoms with van der Waals surface area (Å²) in [7, 11) is 0. The van der Waals surface area contributed by atoms with E-state index in [1.807, 2.05) is 42.5 Å². The highest BCUT2D eigenvalue weighted by atomic mass is 16.6. The highest BCUT2D eigenvalue weighted by molar-refractivity contribution is 5.41. The maximum absolute atomic E-state index is 9.93. The van der Waals surface area contributed by atoms with Gasteiger partial charge in [0, 0.05) is 18.4 Å². The van der Waals surface area contributed by atoms with Gasteiger partial charge in [-0.05, 0) is 17.2 Å². The predicted octanol–water partition coefficient (Wildman–Crippen LogP) is 3.63. The number of allylic oxidation sites excluding steroid dienone is 1. The molecule has 90 valence electrons. The number of aliphatic hydroxyl groups excluding tert-OH is 1. The largest absolute Gasteiger partial charge is 0.481 e. The summed E-state index contributed by atoms with van der Waals surface area (Å²) in [5.41, 5.74) is 3.24. The second-order valence-electron chi connectivity index (χ2n) is 4.46. The Labute approximate surface area is 106 Å². The van der Waals surface area contributed by atoms with Crippen LogP contribution in [0.25, 0.3) is 0 Å². The second kappa shape index (κ2) is 4.57. The van der Waals surface area contributed by atoms with Crippen LogP contribution in [0, 0.1) is 0 Å². The van der Waals surface area contributed by atoms with E-state index in [2.05, 4.69) is 12.1 Å².